The normalized spacial score (nSPS) is 18.6. The van der Waals surface area contributed by atoms with Crippen molar-refractivity contribution < 1.29 is 14.6 Å². The summed E-state index contributed by atoms with van der Waals surface area (Å²) in [7, 11) is 1.62. The number of aromatic nitrogens is 5. The van der Waals surface area contributed by atoms with Crippen LogP contribution in [0.2, 0.25) is 0 Å². The van der Waals surface area contributed by atoms with Gasteiger partial charge in [0.25, 0.3) is 0 Å². The Morgan fingerprint density at radius 2 is 2.18 bits per heavy atom. The van der Waals surface area contributed by atoms with Gasteiger partial charge in [0.2, 0.25) is 5.95 Å². The molecule has 3 aromatic heterocycles. The van der Waals surface area contributed by atoms with E-state index in [1.54, 1.807) is 37.2 Å². The molecule has 0 saturated carbocycles. The number of β-amino-alcohol motifs (C(OH)–C–C–N with tert-alkyl or cyclic N) is 1. The van der Waals surface area contributed by atoms with Crippen LogP contribution in [0.4, 0.5) is 11.6 Å². The predicted molar refractivity (Wildman–Crippen MR) is 128 cm³/mol. The number of ether oxygens (including phenoxy) is 1. The zero-order valence-corrected chi connectivity index (χ0v) is 19.3. The van der Waals surface area contributed by atoms with Crippen LogP contribution in [0.1, 0.15) is 28.5 Å². The van der Waals surface area contributed by atoms with Crippen LogP contribution in [0.15, 0.2) is 42.9 Å². The molecule has 1 saturated heterocycles. The summed E-state index contributed by atoms with van der Waals surface area (Å²) >= 11 is 0. The molecule has 1 aliphatic rings. The van der Waals surface area contributed by atoms with Crippen LogP contribution < -0.4 is 5.32 Å². The number of aliphatic hydroxyl groups excluding tert-OH is 1. The molecule has 0 amide bonds. The molecule has 0 spiro atoms. The van der Waals surface area contributed by atoms with Gasteiger partial charge in [-0.05, 0) is 32.0 Å². The van der Waals surface area contributed by atoms with Gasteiger partial charge in [-0.1, -0.05) is 0 Å². The van der Waals surface area contributed by atoms with E-state index < -0.39 is 6.10 Å². The third-order valence-electron chi connectivity index (χ3n) is 6.20. The minimum absolute atomic E-state index is 0.00711. The summed E-state index contributed by atoms with van der Waals surface area (Å²) in [5.74, 6) is 1.07. The van der Waals surface area contributed by atoms with E-state index in [0.717, 1.165) is 27.8 Å². The second kappa shape index (κ2) is 8.98. The van der Waals surface area contributed by atoms with Crippen molar-refractivity contribution in [2.24, 2.45) is 0 Å². The maximum Gasteiger partial charge on any atom is 0.229 e. The van der Waals surface area contributed by atoms with Crippen LogP contribution >= 0.6 is 0 Å². The summed E-state index contributed by atoms with van der Waals surface area (Å²) in [6.07, 6.45) is 4.72. The molecular formula is C24H27N7O3. The Kier molecular flexibility index (Phi) is 5.86. The number of nitrogens with one attached hydrogen (secondary N) is 2. The van der Waals surface area contributed by atoms with E-state index in [9.17, 15) is 9.90 Å². The first kappa shape index (κ1) is 22.2. The third kappa shape index (κ3) is 4.30. The van der Waals surface area contributed by atoms with Gasteiger partial charge < -0.3 is 20.1 Å². The van der Waals surface area contributed by atoms with Gasteiger partial charge in [0, 0.05) is 79.1 Å². The standard InChI is InChI=1S/C24H27N7O3/c1-14-16(10-30-12-21(33)22(13-30)34-3)11-31(29-14)23-6-7-25-24(28-23)27-17-4-5-20-18(8-17)19(9-26-20)15(2)32/h4-9,11,21-22,26,33H,10,12-13H2,1-3H3,(H,25,27,28)/t21-,22+/m0/s1. The quantitative estimate of drug-likeness (QED) is 0.359. The number of aliphatic hydroxyl groups is 1. The van der Waals surface area contributed by atoms with Gasteiger partial charge in [-0.2, -0.15) is 10.1 Å². The van der Waals surface area contributed by atoms with E-state index in [-0.39, 0.29) is 11.9 Å². The first-order chi connectivity index (χ1) is 16.4. The molecule has 34 heavy (non-hydrogen) atoms. The maximum atomic E-state index is 11.9. The van der Waals surface area contributed by atoms with Crippen molar-refractivity contribution in [1.29, 1.82) is 0 Å². The van der Waals surface area contributed by atoms with Gasteiger partial charge in [0.05, 0.1) is 17.9 Å². The Morgan fingerprint density at radius 3 is 2.94 bits per heavy atom. The third-order valence-corrected chi connectivity index (χ3v) is 6.20. The van der Waals surface area contributed by atoms with E-state index in [2.05, 4.69) is 30.3 Å². The number of fused-ring (bicyclic) bond motifs is 1. The van der Waals surface area contributed by atoms with Crippen molar-refractivity contribution >= 4 is 28.3 Å². The average Bonchev–Trinajstić information content (AvgIpc) is 3.50. The number of aromatic amines is 1. The monoisotopic (exact) mass is 461 g/mol. The zero-order valence-electron chi connectivity index (χ0n) is 19.3. The molecule has 0 bridgehead atoms. The number of ketones is 1. The minimum Gasteiger partial charge on any atom is -0.389 e. The second-order valence-electron chi connectivity index (χ2n) is 8.60. The number of benzene rings is 1. The average molecular weight is 462 g/mol. The van der Waals surface area contributed by atoms with Crippen molar-refractivity contribution in [2.75, 3.05) is 25.5 Å². The summed E-state index contributed by atoms with van der Waals surface area (Å²) in [4.78, 5) is 26.1. The van der Waals surface area contributed by atoms with Crippen molar-refractivity contribution in [3.05, 3.63) is 59.7 Å². The van der Waals surface area contributed by atoms with Crippen molar-refractivity contribution in [3.63, 3.8) is 0 Å². The number of aryl methyl sites for hydroxylation is 1. The van der Waals surface area contributed by atoms with Gasteiger partial charge >= 0.3 is 0 Å². The number of rotatable bonds is 7. The number of carbonyl (C=O) groups is 1. The number of nitrogens with zero attached hydrogens (tertiary/aromatic N) is 5. The fourth-order valence-corrected chi connectivity index (χ4v) is 4.36. The number of hydrogen-bond acceptors (Lipinski definition) is 8. The number of carbonyl (C=O) groups excluding carboxylic acids is 1. The Bertz CT molecular complexity index is 1350. The summed E-state index contributed by atoms with van der Waals surface area (Å²) in [5.41, 5.74) is 4.29. The molecule has 5 rings (SSSR count). The Morgan fingerprint density at radius 1 is 1.32 bits per heavy atom. The molecule has 4 aromatic rings. The number of anilines is 2. The molecule has 1 fully saturated rings. The van der Waals surface area contributed by atoms with Gasteiger partial charge in [-0.25, -0.2) is 9.67 Å². The molecule has 1 aromatic carbocycles. The van der Waals surface area contributed by atoms with Crippen molar-refractivity contribution in [1.82, 2.24) is 29.6 Å². The molecule has 4 heterocycles. The van der Waals surface area contributed by atoms with Crippen LogP contribution in [-0.4, -0.2) is 72.9 Å². The number of methoxy groups -OCH3 is 1. The zero-order chi connectivity index (χ0) is 23.8. The van der Waals surface area contributed by atoms with Crippen LogP contribution in [0, 0.1) is 6.92 Å². The number of Topliss-reactive ketones (excluding diaryl/α,β-unsaturated/α-hetero) is 1. The van der Waals surface area contributed by atoms with E-state index in [1.807, 2.05) is 31.3 Å². The van der Waals surface area contributed by atoms with Gasteiger partial charge in [0.1, 0.15) is 0 Å². The molecule has 3 N–H and O–H groups in total. The predicted octanol–water partition coefficient (Wildman–Crippen LogP) is 2.59. The molecule has 176 valence electrons. The fourth-order valence-electron chi connectivity index (χ4n) is 4.36. The number of likely N-dealkylation sites (tertiary alicyclic amines) is 1. The topological polar surface area (TPSA) is 121 Å². The SMILES string of the molecule is CO[C@@H]1CN(Cc2cn(-c3ccnc(Nc4ccc5[nH]cc(C(C)=O)c5c4)n3)nc2C)C[C@@H]1O. The highest BCUT2D eigenvalue weighted by atomic mass is 16.5. The van der Waals surface area contributed by atoms with Crippen molar-refractivity contribution in [3.8, 4) is 5.82 Å². The molecular weight excluding hydrogens is 434 g/mol. The Balaban J connectivity index is 1.35. The second-order valence-corrected chi connectivity index (χ2v) is 8.60. The van der Waals surface area contributed by atoms with E-state index in [1.165, 1.54) is 0 Å². The first-order valence-electron chi connectivity index (χ1n) is 11.1. The molecule has 0 aliphatic carbocycles. The highest BCUT2D eigenvalue weighted by molar-refractivity contribution is 6.07. The Hall–Kier alpha value is -3.60. The molecule has 10 nitrogen and oxygen atoms in total. The lowest BCUT2D eigenvalue weighted by atomic mass is 10.1. The fraction of sp³-hybridized carbons (Fsp3) is 0.333. The van der Waals surface area contributed by atoms with Crippen LogP contribution in [-0.2, 0) is 11.3 Å². The molecule has 10 heteroatoms. The highest BCUT2D eigenvalue weighted by Crippen LogP contribution is 2.25. The van der Waals surface area contributed by atoms with Gasteiger partial charge in [-0.15, -0.1) is 0 Å². The summed E-state index contributed by atoms with van der Waals surface area (Å²) in [5, 5.41) is 18.8. The lowest BCUT2D eigenvalue weighted by Gasteiger charge is -2.14. The molecule has 2 atom stereocenters. The molecule has 0 radical (unpaired) electrons. The summed E-state index contributed by atoms with van der Waals surface area (Å²) < 4.78 is 7.08. The number of H-pyrrole nitrogens is 1. The number of hydrogen-bond donors (Lipinski definition) is 3. The maximum absolute atomic E-state index is 11.9. The Labute approximate surface area is 196 Å². The minimum atomic E-state index is -0.479. The van der Waals surface area contributed by atoms with Gasteiger partial charge in [0.15, 0.2) is 11.6 Å². The summed E-state index contributed by atoms with van der Waals surface area (Å²) in [6, 6.07) is 7.53. The largest absolute Gasteiger partial charge is 0.389 e. The van der Waals surface area contributed by atoms with E-state index in [0.29, 0.717) is 37.0 Å². The van der Waals surface area contributed by atoms with Gasteiger partial charge in [-0.3, -0.25) is 9.69 Å². The van der Waals surface area contributed by atoms with Crippen LogP contribution in [0.25, 0.3) is 16.7 Å². The molecule has 1 aliphatic heterocycles. The lowest BCUT2D eigenvalue weighted by molar-refractivity contribution is 0.0215. The van der Waals surface area contributed by atoms with Crippen LogP contribution in [0.5, 0.6) is 0 Å². The van der Waals surface area contributed by atoms with E-state index in [4.69, 9.17) is 4.74 Å². The highest BCUT2D eigenvalue weighted by Gasteiger charge is 2.31. The van der Waals surface area contributed by atoms with E-state index >= 15 is 0 Å². The summed E-state index contributed by atoms with van der Waals surface area (Å²) in [6.45, 7) is 5.44. The van der Waals surface area contributed by atoms with Crippen LogP contribution in [0.3, 0.4) is 0 Å². The lowest BCUT2D eigenvalue weighted by Crippen LogP contribution is -2.25. The molecule has 0 unspecified atom stereocenters. The smallest absolute Gasteiger partial charge is 0.229 e. The first-order valence-corrected chi connectivity index (χ1v) is 11.1. The van der Waals surface area contributed by atoms with Crippen molar-refractivity contribution in [2.45, 2.75) is 32.6 Å².